The Labute approximate surface area is 210 Å². The maximum atomic E-state index is 13.2. The van der Waals surface area contributed by atoms with E-state index in [9.17, 15) is 13.2 Å². The molecule has 3 aromatic rings. The van der Waals surface area contributed by atoms with Crippen molar-refractivity contribution in [2.45, 2.75) is 36.1 Å². The fourth-order valence-electron chi connectivity index (χ4n) is 4.89. The molecule has 10 heteroatoms. The van der Waals surface area contributed by atoms with Crippen molar-refractivity contribution < 1.29 is 14.6 Å². The minimum Gasteiger partial charge on any atom is -0.311 e. The highest BCUT2D eigenvalue weighted by atomic mass is 32.2. The van der Waals surface area contributed by atoms with E-state index in [0.717, 1.165) is 32.4 Å². The summed E-state index contributed by atoms with van der Waals surface area (Å²) in [6.45, 7) is 2.32. The number of hydrogen-bond acceptors (Lipinski definition) is 7. The first-order chi connectivity index (χ1) is 16.9. The Hall–Kier alpha value is -3.26. The predicted molar refractivity (Wildman–Crippen MR) is 137 cm³/mol. The number of amides is 1. The van der Waals surface area contributed by atoms with Crippen LogP contribution >= 0.6 is 11.3 Å². The standard InChI is InChI=1S/C25H25N5O3S2.H2/c26-17-18-1-3-19(4-2-18)20-9-13-29(14-10-20)23-11-15-30(24(23)31)21-5-7-22(8-6-21)35(32,33)28-25-27-12-16-34-25;/h1-8,12,16,20,23H,9-11,13-15H2,(H,27,28);1H/t23-;/m0./s1. The third-order valence-electron chi connectivity index (χ3n) is 6.77. The molecule has 5 rings (SSSR count). The van der Waals surface area contributed by atoms with Crippen LogP contribution in [0.15, 0.2) is 65.0 Å². The lowest BCUT2D eigenvalue weighted by Crippen LogP contribution is -2.45. The molecule has 2 fully saturated rings. The Morgan fingerprint density at radius 2 is 1.74 bits per heavy atom. The number of sulfonamides is 1. The molecule has 2 aromatic carbocycles. The molecule has 0 spiro atoms. The molecule has 0 saturated carbocycles. The van der Waals surface area contributed by atoms with Crippen molar-refractivity contribution >= 4 is 38.1 Å². The zero-order chi connectivity index (χ0) is 24.4. The number of piperidine rings is 1. The quantitative estimate of drug-likeness (QED) is 0.537. The van der Waals surface area contributed by atoms with Gasteiger partial charge in [0.05, 0.1) is 22.6 Å². The number of nitrogens with zero attached hydrogens (tertiary/aromatic N) is 4. The third-order valence-corrected chi connectivity index (χ3v) is 8.94. The Morgan fingerprint density at radius 1 is 1.03 bits per heavy atom. The van der Waals surface area contributed by atoms with Gasteiger partial charge in [0.25, 0.3) is 10.0 Å². The molecule has 1 atom stereocenters. The van der Waals surface area contributed by atoms with E-state index in [4.69, 9.17) is 5.26 Å². The molecule has 1 aromatic heterocycles. The molecule has 0 radical (unpaired) electrons. The number of nitrogens with one attached hydrogen (secondary N) is 1. The van der Waals surface area contributed by atoms with Crippen LogP contribution in [-0.4, -0.2) is 49.9 Å². The zero-order valence-corrected chi connectivity index (χ0v) is 20.6. The fourth-order valence-corrected chi connectivity index (χ4v) is 6.68. The number of carbonyl (C=O) groups is 1. The third kappa shape index (κ3) is 4.93. The summed E-state index contributed by atoms with van der Waals surface area (Å²) in [4.78, 5) is 21.4. The van der Waals surface area contributed by atoms with Gasteiger partial charge in [0.2, 0.25) is 5.91 Å². The molecule has 0 unspecified atom stereocenters. The van der Waals surface area contributed by atoms with Gasteiger partial charge in [0.1, 0.15) is 0 Å². The van der Waals surface area contributed by atoms with Crippen LogP contribution in [0.4, 0.5) is 10.8 Å². The maximum Gasteiger partial charge on any atom is 0.263 e. The van der Waals surface area contributed by atoms with Crippen molar-refractivity contribution in [3.63, 3.8) is 0 Å². The second-order valence-electron chi connectivity index (χ2n) is 8.78. The second kappa shape index (κ2) is 9.77. The van der Waals surface area contributed by atoms with Crippen LogP contribution in [0.25, 0.3) is 0 Å². The number of aromatic nitrogens is 1. The number of thiazole rings is 1. The van der Waals surface area contributed by atoms with Gasteiger partial charge in [0, 0.05) is 25.2 Å². The molecule has 1 N–H and O–H groups in total. The highest BCUT2D eigenvalue weighted by Crippen LogP contribution is 2.32. The van der Waals surface area contributed by atoms with E-state index in [-0.39, 0.29) is 18.3 Å². The van der Waals surface area contributed by atoms with Crippen LogP contribution in [0.1, 0.15) is 37.7 Å². The fraction of sp³-hybridized carbons (Fsp3) is 0.320. The normalized spacial score (nSPS) is 19.6. The van der Waals surface area contributed by atoms with Crippen LogP contribution in [0.3, 0.4) is 0 Å². The number of likely N-dealkylation sites (tertiary alicyclic amines) is 1. The highest BCUT2D eigenvalue weighted by molar-refractivity contribution is 7.93. The van der Waals surface area contributed by atoms with Crippen LogP contribution in [0.2, 0.25) is 0 Å². The molecule has 2 aliphatic heterocycles. The maximum absolute atomic E-state index is 13.2. The molecule has 0 aliphatic carbocycles. The van der Waals surface area contributed by atoms with Crippen molar-refractivity contribution in [1.82, 2.24) is 9.88 Å². The van der Waals surface area contributed by atoms with Gasteiger partial charge in [-0.05, 0) is 80.2 Å². The van der Waals surface area contributed by atoms with E-state index < -0.39 is 10.0 Å². The smallest absolute Gasteiger partial charge is 0.263 e. The molecule has 35 heavy (non-hydrogen) atoms. The number of benzene rings is 2. The summed E-state index contributed by atoms with van der Waals surface area (Å²) >= 11 is 1.21. The Morgan fingerprint density at radius 3 is 2.37 bits per heavy atom. The molecule has 182 valence electrons. The largest absolute Gasteiger partial charge is 0.311 e. The Bertz CT molecular complexity index is 1330. The molecule has 2 saturated heterocycles. The van der Waals surface area contributed by atoms with Gasteiger partial charge in [-0.25, -0.2) is 13.4 Å². The minimum absolute atomic E-state index is 0. The summed E-state index contributed by atoms with van der Waals surface area (Å²) < 4.78 is 27.6. The molecule has 2 aliphatic rings. The van der Waals surface area contributed by atoms with Crippen molar-refractivity contribution in [2.75, 3.05) is 29.3 Å². The number of carbonyl (C=O) groups excluding carboxylic acids is 1. The van der Waals surface area contributed by atoms with Gasteiger partial charge >= 0.3 is 0 Å². The summed E-state index contributed by atoms with van der Waals surface area (Å²) in [7, 11) is -3.73. The first-order valence-electron chi connectivity index (χ1n) is 11.5. The molecular formula is C25H27N5O3S2. The molecular weight excluding hydrogens is 482 g/mol. The first kappa shape index (κ1) is 23.5. The highest BCUT2D eigenvalue weighted by Gasteiger charge is 2.38. The van der Waals surface area contributed by atoms with E-state index in [1.807, 2.05) is 24.3 Å². The lowest BCUT2D eigenvalue weighted by atomic mass is 9.88. The second-order valence-corrected chi connectivity index (χ2v) is 11.4. The van der Waals surface area contributed by atoms with Gasteiger partial charge in [-0.1, -0.05) is 12.1 Å². The summed E-state index contributed by atoms with van der Waals surface area (Å²) in [5.41, 5.74) is 2.63. The van der Waals surface area contributed by atoms with Crippen molar-refractivity contribution in [3.05, 3.63) is 71.2 Å². The lowest BCUT2D eigenvalue weighted by molar-refractivity contribution is -0.122. The van der Waals surface area contributed by atoms with E-state index in [0.29, 0.717) is 28.8 Å². The predicted octanol–water partition coefficient (Wildman–Crippen LogP) is 4.05. The molecule has 8 nitrogen and oxygen atoms in total. The van der Waals surface area contributed by atoms with Crippen molar-refractivity contribution in [3.8, 4) is 6.07 Å². The van der Waals surface area contributed by atoms with Crippen LogP contribution in [-0.2, 0) is 14.8 Å². The summed E-state index contributed by atoms with van der Waals surface area (Å²) in [6.07, 6.45) is 4.26. The summed E-state index contributed by atoms with van der Waals surface area (Å²) in [5, 5.41) is 11.0. The van der Waals surface area contributed by atoms with E-state index in [1.54, 1.807) is 22.4 Å². The first-order valence-corrected chi connectivity index (χ1v) is 13.9. The van der Waals surface area contributed by atoms with E-state index >= 15 is 0 Å². The molecule has 3 heterocycles. The van der Waals surface area contributed by atoms with Crippen LogP contribution in [0.5, 0.6) is 0 Å². The number of nitriles is 1. The van der Waals surface area contributed by atoms with Gasteiger partial charge < -0.3 is 4.90 Å². The molecule has 1 amide bonds. The van der Waals surface area contributed by atoms with Gasteiger partial charge in [-0.15, -0.1) is 11.3 Å². The SMILES string of the molecule is N#Cc1ccc(C2CCN([C@H]3CCN(c4ccc(S(=O)(=O)Nc5nccs5)cc4)C3=O)CC2)cc1.[HH]. The van der Waals surface area contributed by atoms with Crippen molar-refractivity contribution in [2.24, 2.45) is 0 Å². The number of hydrogen-bond donors (Lipinski definition) is 1. The van der Waals surface area contributed by atoms with Gasteiger partial charge in [-0.3, -0.25) is 14.4 Å². The van der Waals surface area contributed by atoms with Crippen molar-refractivity contribution in [1.29, 1.82) is 5.26 Å². The lowest BCUT2D eigenvalue weighted by Gasteiger charge is -2.35. The average molecular weight is 510 g/mol. The summed E-state index contributed by atoms with van der Waals surface area (Å²) in [6, 6.07) is 16.2. The molecule has 0 bridgehead atoms. The van der Waals surface area contributed by atoms with Crippen LogP contribution < -0.4 is 9.62 Å². The van der Waals surface area contributed by atoms with E-state index in [1.165, 1.54) is 35.2 Å². The van der Waals surface area contributed by atoms with Crippen LogP contribution in [0, 0.1) is 11.3 Å². The topological polar surface area (TPSA) is 106 Å². The zero-order valence-electron chi connectivity index (χ0n) is 19.0. The van der Waals surface area contributed by atoms with E-state index in [2.05, 4.69) is 20.7 Å². The van der Waals surface area contributed by atoms with Gasteiger partial charge in [-0.2, -0.15) is 5.26 Å². The Kier molecular flexibility index (Phi) is 6.56. The monoisotopic (exact) mass is 509 g/mol. The number of anilines is 2. The number of rotatable bonds is 6. The average Bonchev–Trinajstić information content (AvgIpc) is 3.53. The summed E-state index contributed by atoms with van der Waals surface area (Å²) in [5.74, 6) is 0.512. The van der Waals surface area contributed by atoms with Gasteiger partial charge in [0.15, 0.2) is 5.13 Å². The minimum atomic E-state index is -3.73. The Balaban J connectivity index is 0.00000304.